The van der Waals surface area contributed by atoms with Crippen LogP contribution in [-0.4, -0.2) is 31.2 Å². The fraction of sp³-hybridized carbons (Fsp3) is 0.455. The third-order valence-corrected chi connectivity index (χ3v) is 2.80. The van der Waals surface area contributed by atoms with Crippen molar-refractivity contribution in [2.75, 3.05) is 24.8 Å². The third kappa shape index (κ3) is 1.80. The van der Waals surface area contributed by atoms with Gasteiger partial charge in [0, 0.05) is 19.3 Å². The topological polar surface area (TPSA) is 68.5 Å². The summed E-state index contributed by atoms with van der Waals surface area (Å²) < 4.78 is 4.66. The molecule has 1 saturated carbocycles. The molecule has 0 aromatic carbocycles. The van der Waals surface area contributed by atoms with Gasteiger partial charge in [-0.2, -0.15) is 0 Å². The number of anilines is 2. The van der Waals surface area contributed by atoms with Gasteiger partial charge in [0.25, 0.3) is 0 Å². The summed E-state index contributed by atoms with van der Waals surface area (Å²) in [5.74, 6) is 0.232. The van der Waals surface area contributed by atoms with E-state index >= 15 is 0 Å². The van der Waals surface area contributed by atoms with Crippen LogP contribution in [0.25, 0.3) is 0 Å². The first-order chi connectivity index (χ1) is 7.65. The van der Waals surface area contributed by atoms with Crippen LogP contribution in [0.2, 0.25) is 0 Å². The number of nitrogens with two attached hydrogens (primary N) is 1. The molecule has 0 spiro atoms. The Kier molecular flexibility index (Phi) is 2.68. The quantitative estimate of drug-likeness (QED) is 0.772. The summed E-state index contributed by atoms with van der Waals surface area (Å²) in [6.07, 6.45) is 3.89. The number of aromatic nitrogens is 1. The summed E-state index contributed by atoms with van der Waals surface area (Å²) >= 11 is 0. The standard InChI is InChI=1S/C11H15N3O2/c1-14(7-3-4-7)10-9(12)8(5-6-13-10)11(15)16-2/h5-7H,3-4,12H2,1-2H3. The smallest absolute Gasteiger partial charge is 0.340 e. The number of esters is 1. The lowest BCUT2D eigenvalue weighted by molar-refractivity contribution is 0.0602. The molecule has 0 amide bonds. The minimum Gasteiger partial charge on any atom is -0.465 e. The van der Waals surface area contributed by atoms with Crippen LogP contribution in [0, 0.1) is 0 Å². The molecule has 0 radical (unpaired) electrons. The molecule has 0 unspecified atom stereocenters. The molecule has 0 atom stereocenters. The number of hydrogen-bond donors (Lipinski definition) is 1. The Bertz CT molecular complexity index is 416. The van der Waals surface area contributed by atoms with Crippen molar-refractivity contribution in [2.24, 2.45) is 0 Å². The molecule has 86 valence electrons. The second-order valence-electron chi connectivity index (χ2n) is 3.93. The number of hydrogen-bond acceptors (Lipinski definition) is 5. The normalized spacial score (nSPS) is 14.6. The van der Waals surface area contributed by atoms with Gasteiger partial charge >= 0.3 is 5.97 Å². The largest absolute Gasteiger partial charge is 0.465 e. The summed E-state index contributed by atoms with van der Waals surface area (Å²) in [4.78, 5) is 17.7. The second-order valence-corrected chi connectivity index (χ2v) is 3.93. The van der Waals surface area contributed by atoms with Crippen LogP contribution in [0.3, 0.4) is 0 Å². The number of carbonyl (C=O) groups excluding carboxylic acids is 1. The third-order valence-electron chi connectivity index (χ3n) is 2.80. The molecule has 1 fully saturated rings. The van der Waals surface area contributed by atoms with Crippen LogP contribution in [0.5, 0.6) is 0 Å². The molecule has 0 saturated heterocycles. The van der Waals surface area contributed by atoms with E-state index in [9.17, 15) is 4.79 Å². The van der Waals surface area contributed by atoms with E-state index in [1.54, 1.807) is 12.3 Å². The van der Waals surface area contributed by atoms with Gasteiger partial charge in [0.05, 0.1) is 18.4 Å². The molecule has 1 heterocycles. The number of methoxy groups -OCH3 is 1. The highest BCUT2D eigenvalue weighted by molar-refractivity contribution is 5.97. The van der Waals surface area contributed by atoms with Crippen molar-refractivity contribution in [1.82, 2.24) is 4.98 Å². The maximum Gasteiger partial charge on any atom is 0.340 e. The number of rotatable bonds is 3. The molecule has 2 N–H and O–H groups in total. The second kappa shape index (κ2) is 4.00. The van der Waals surface area contributed by atoms with E-state index in [2.05, 4.69) is 9.72 Å². The molecule has 2 rings (SSSR count). The molecule has 1 aliphatic rings. The van der Waals surface area contributed by atoms with E-state index in [1.807, 2.05) is 11.9 Å². The Morgan fingerprint density at radius 1 is 1.62 bits per heavy atom. The molecular weight excluding hydrogens is 206 g/mol. The number of ether oxygens (including phenoxy) is 1. The molecule has 0 bridgehead atoms. The lowest BCUT2D eigenvalue weighted by Gasteiger charge is -2.20. The Morgan fingerprint density at radius 3 is 2.88 bits per heavy atom. The van der Waals surface area contributed by atoms with Crippen LogP contribution < -0.4 is 10.6 Å². The predicted molar refractivity (Wildman–Crippen MR) is 61.4 cm³/mol. The summed E-state index contributed by atoms with van der Waals surface area (Å²) in [6.45, 7) is 0. The summed E-state index contributed by atoms with van der Waals surface area (Å²) in [5.41, 5.74) is 6.69. The molecule has 1 aromatic rings. The van der Waals surface area contributed by atoms with Gasteiger partial charge in [0.2, 0.25) is 0 Å². The van der Waals surface area contributed by atoms with Crippen molar-refractivity contribution >= 4 is 17.5 Å². The molecule has 0 aliphatic heterocycles. The Balaban J connectivity index is 2.35. The summed E-state index contributed by atoms with van der Waals surface area (Å²) in [5, 5.41) is 0. The molecule has 16 heavy (non-hydrogen) atoms. The number of nitrogen functional groups attached to an aromatic ring is 1. The lowest BCUT2D eigenvalue weighted by atomic mass is 10.2. The Morgan fingerprint density at radius 2 is 2.31 bits per heavy atom. The lowest BCUT2D eigenvalue weighted by Crippen LogP contribution is -2.23. The first-order valence-corrected chi connectivity index (χ1v) is 5.20. The van der Waals surface area contributed by atoms with E-state index in [4.69, 9.17) is 5.73 Å². The van der Waals surface area contributed by atoms with Crippen LogP contribution in [0.4, 0.5) is 11.5 Å². The van der Waals surface area contributed by atoms with Crippen LogP contribution in [0.15, 0.2) is 12.3 Å². The van der Waals surface area contributed by atoms with Crippen LogP contribution >= 0.6 is 0 Å². The highest BCUT2D eigenvalue weighted by Crippen LogP contribution is 2.33. The van der Waals surface area contributed by atoms with Crippen molar-refractivity contribution in [3.05, 3.63) is 17.8 Å². The fourth-order valence-corrected chi connectivity index (χ4v) is 1.67. The van der Waals surface area contributed by atoms with E-state index < -0.39 is 5.97 Å². The SMILES string of the molecule is COC(=O)c1ccnc(N(C)C2CC2)c1N. The minimum absolute atomic E-state index is 0.375. The van der Waals surface area contributed by atoms with Gasteiger partial charge in [-0.15, -0.1) is 0 Å². The first kappa shape index (κ1) is 10.7. The van der Waals surface area contributed by atoms with E-state index in [0.717, 1.165) is 12.8 Å². The van der Waals surface area contributed by atoms with Crippen molar-refractivity contribution in [3.8, 4) is 0 Å². The van der Waals surface area contributed by atoms with Gasteiger partial charge in [0.1, 0.15) is 0 Å². The van der Waals surface area contributed by atoms with Crippen molar-refractivity contribution < 1.29 is 9.53 Å². The maximum atomic E-state index is 11.4. The minimum atomic E-state index is -0.426. The maximum absolute atomic E-state index is 11.4. The van der Waals surface area contributed by atoms with Crippen molar-refractivity contribution in [2.45, 2.75) is 18.9 Å². The van der Waals surface area contributed by atoms with Gasteiger partial charge in [-0.1, -0.05) is 0 Å². The number of pyridine rings is 1. The average molecular weight is 221 g/mol. The van der Waals surface area contributed by atoms with Crippen LogP contribution in [0.1, 0.15) is 23.2 Å². The first-order valence-electron chi connectivity index (χ1n) is 5.20. The van der Waals surface area contributed by atoms with Crippen LogP contribution in [-0.2, 0) is 4.74 Å². The van der Waals surface area contributed by atoms with Crippen molar-refractivity contribution in [1.29, 1.82) is 0 Å². The molecule has 1 aromatic heterocycles. The van der Waals surface area contributed by atoms with Crippen molar-refractivity contribution in [3.63, 3.8) is 0 Å². The molecule has 5 nitrogen and oxygen atoms in total. The predicted octanol–water partition coefficient (Wildman–Crippen LogP) is 1.05. The Hall–Kier alpha value is -1.78. The van der Waals surface area contributed by atoms with Gasteiger partial charge in [-0.25, -0.2) is 9.78 Å². The monoisotopic (exact) mass is 221 g/mol. The molecular formula is C11H15N3O2. The molecule has 1 aliphatic carbocycles. The average Bonchev–Trinajstić information content (AvgIpc) is 3.11. The Labute approximate surface area is 94.2 Å². The van der Waals surface area contributed by atoms with E-state index in [0.29, 0.717) is 23.1 Å². The van der Waals surface area contributed by atoms with E-state index in [1.165, 1.54) is 7.11 Å². The van der Waals surface area contributed by atoms with Gasteiger partial charge < -0.3 is 15.4 Å². The highest BCUT2D eigenvalue weighted by Gasteiger charge is 2.29. The zero-order valence-electron chi connectivity index (χ0n) is 9.43. The molecule has 5 heteroatoms. The summed E-state index contributed by atoms with van der Waals surface area (Å²) in [7, 11) is 3.28. The number of carbonyl (C=O) groups is 1. The number of nitrogens with zero attached hydrogens (tertiary/aromatic N) is 2. The fourth-order valence-electron chi connectivity index (χ4n) is 1.67. The van der Waals surface area contributed by atoms with Gasteiger partial charge in [-0.05, 0) is 18.9 Å². The zero-order valence-corrected chi connectivity index (χ0v) is 9.43. The van der Waals surface area contributed by atoms with Gasteiger partial charge in [0.15, 0.2) is 5.82 Å². The summed E-state index contributed by atoms with van der Waals surface area (Å²) in [6, 6.07) is 2.08. The highest BCUT2D eigenvalue weighted by atomic mass is 16.5. The zero-order chi connectivity index (χ0) is 11.7. The van der Waals surface area contributed by atoms with Gasteiger partial charge in [-0.3, -0.25) is 0 Å². The van der Waals surface area contributed by atoms with E-state index in [-0.39, 0.29) is 0 Å².